The SMILES string of the molecule is CC(C)O[C@H]1[C@H](O[C@@H]2OC=C3C(=O)O[C@@H]4CC[C@@H](CO)[C@H]4CSS[C@H]4CSSCC=C[C@@H]2[C@@H]3/C=C/C2=C(NC(N)=NCCCO)C(C(=O)O)=CN(C2)[C@H]4CO)O[C@H](CO)[C@@H](O)C1(O)O. The zero-order valence-electron chi connectivity index (χ0n) is 35.5. The number of carboxylic acids is 1. The molecule has 1 saturated carbocycles. The van der Waals surface area contributed by atoms with E-state index >= 15 is 0 Å². The van der Waals surface area contributed by atoms with Crippen LogP contribution < -0.4 is 11.1 Å². The predicted octanol–water partition coefficient (Wildman–Crippen LogP) is 0.415. The number of aliphatic hydroxyl groups excluding tert-OH is 5. The van der Waals surface area contributed by atoms with Crippen LogP contribution in [0.25, 0.3) is 0 Å². The number of aliphatic carboxylic acids is 1. The van der Waals surface area contributed by atoms with Gasteiger partial charge in [-0.05, 0) is 44.6 Å². The summed E-state index contributed by atoms with van der Waals surface area (Å²) >= 11 is 0. The Kier molecular flexibility index (Phi) is 18.7. The molecule has 12 atom stereocenters. The van der Waals surface area contributed by atoms with Gasteiger partial charge in [0, 0.05) is 66.8 Å². The minimum atomic E-state index is -2.94. The molecular formula is C41H60N4O15S4. The third-order valence-electron chi connectivity index (χ3n) is 11.8. The summed E-state index contributed by atoms with van der Waals surface area (Å²) in [6, 6.07) is -0.563. The van der Waals surface area contributed by atoms with Crippen LogP contribution in [0.2, 0.25) is 0 Å². The van der Waals surface area contributed by atoms with Crippen molar-refractivity contribution in [3.8, 4) is 0 Å². The van der Waals surface area contributed by atoms with Crippen molar-refractivity contribution in [2.45, 2.75) is 93.3 Å². The highest BCUT2D eigenvalue weighted by Crippen LogP contribution is 2.45. The van der Waals surface area contributed by atoms with Gasteiger partial charge in [0.2, 0.25) is 12.1 Å². The van der Waals surface area contributed by atoms with E-state index in [4.69, 9.17) is 29.4 Å². The molecule has 1 saturated heterocycles. The Morgan fingerprint density at radius 1 is 1.08 bits per heavy atom. The summed E-state index contributed by atoms with van der Waals surface area (Å²) in [5.41, 5.74) is 6.71. The van der Waals surface area contributed by atoms with Gasteiger partial charge in [-0.2, -0.15) is 0 Å². The Hall–Kier alpha value is -2.49. The number of nitrogens with two attached hydrogens (primary N) is 1. The van der Waals surface area contributed by atoms with Gasteiger partial charge in [0.1, 0.15) is 18.3 Å². The fourth-order valence-electron chi connectivity index (χ4n) is 8.46. The summed E-state index contributed by atoms with van der Waals surface area (Å²) in [5.74, 6) is -5.66. The number of aliphatic hydroxyl groups is 7. The fraction of sp³-hybridized carbons (Fsp3) is 0.683. The van der Waals surface area contributed by atoms with Crippen molar-refractivity contribution in [2.24, 2.45) is 34.4 Å². The summed E-state index contributed by atoms with van der Waals surface area (Å²) in [4.78, 5) is 33.7. The highest BCUT2D eigenvalue weighted by molar-refractivity contribution is 8.78. The smallest absolute Gasteiger partial charge is 0.339 e. The van der Waals surface area contributed by atoms with Crippen LogP contribution in [0.15, 0.2) is 64.2 Å². The lowest BCUT2D eigenvalue weighted by Crippen LogP contribution is -2.69. The monoisotopic (exact) mass is 976 g/mol. The highest BCUT2D eigenvalue weighted by Gasteiger charge is 2.58. The van der Waals surface area contributed by atoms with Crippen molar-refractivity contribution in [2.75, 3.05) is 56.8 Å². The molecule has 0 aromatic rings. The van der Waals surface area contributed by atoms with Crippen molar-refractivity contribution in [1.82, 2.24) is 10.2 Å². The number of nitrogens with zero attached hydrogens (tertiary/aromatic N) is 2. The molecule has 5 aliphatic heterocycles. The average molecular weight is 977 g/mol. The van der Waals surface area contributed by atoms with E-state index in [9.17, 15) is 50.4 Å². The minimum Gasteiger partial charge on any atom is -0.478 e. The first-order chi connectivity index (χ1) is 30.7. The van der Waals surface area contributed by atoms with Gasteiger partial charge in [0.25, 0.3) is 0 Å². The number of hydrogen-bond acceptors (Lipinski definition) is 20. The Morgan fingerprint density at radius 3 is 2.58 bits per heavy atom. The third kappa shape index (κ3) is 12.0. The summed E-state index contributed by atoms with van der Waals surface area (Å²) in [6.07, 6.45) is 1.88. The van der Waals surface area contributed by atoms with E-state index in [2.05, 4.69) is 10.3 Å². The van der Waals surface area contributed by atoms with Crippen molar-refractivity contribution >= 4 is 61.1 Å². The quantitative estimate of drug-likeness (QED) is 0.0241. The van der Waals surface area contributed by atoms with Crippen LogP contribution in [0.5, 0.6) is 0 Å². The molecule has 19 nitrogen and oxygen atoms in total. The average Bonchev–Trinajstić information content (AvgIpc) is 3.64. The van der Waals surface area contributed by atoms with Gasteiger partial charge in [-0.1, -0.05) is 67.5 Å². The molecule has 11 N–H and O–H groups in total. The maximum atomic E-state index is 14.5. The molecular weight excluding hydrogens is 917 g/mol. The van der Waals surface area contributed by atoms with Gasteiger partial charge < -0.3 is 80.5 Å². The number of fused-ring (bicyclic) bond motifs is 2. The Bertz CT molecular complexity index is 1820. The number of carbonyl (C=O) groups is 2. The number of ether oxygens (including phenoxy) is 5. The van der Waals surface area contributed by atoms with Crippen molar-refractivity contribution in [1.29, 1.82) is 0 Å². The van der Waals surface area contributed by atoms with E-state index in [1.807, 2.05) is 6.08 Å². The molecule has 5 heterocycles. The number of esters is 1. The van der Waals surface area contributed by atoms with E-state index in [-0.39, 0.29) is 72.8 Å². The summed E-state index contributed by atoms with van der Waals surface area (Å²) in [7, 11) is 6.23. The normalized spacial score (nSPS) is 35.4. The molecule has 0 radical (unpaired) electrons. The molecule has 358 valence electrons. The first-order valence-corrected chi connectivity index (χ1v) is 26.1. The molecule has 64 heavy (non-hydrogen) atoms. The number of rotatable bonds is 12. The van der Waals surface area contributed by atoms with Gasteiger partial charge >= 0.3 is 11.9 Å². The molecule has 0 aromatic heterocycles. The molecule has 23 heteroatoms. The van der Waals surface area contributed by atoms with Crippen molar-refractivity contribution in [3.05, 3.63) is 59.2 Å². The van der Waals surface area contributed by atoms with Crippen LogP contribution in [0.3, 0.4) is 0 Å². The van der Waals surface area contributed by atoms with Crippen LogP contribution in [0, 0.1) is 23.7 Å². The lowest BCUT2D eigenvalue weighted by molar-refractivity contribution is -0.413. The zero-order chi connectivity index (χ0) is 46.1. The second kappa shape index (κ2) is 23.5. The Balaban J connectivity index is 1.52. The van der Waals surface area contributed by atoms with Crippen molar-refractivity contribution < 1.29 is 74.1 Å². The second-order valence-corrected chi connectivity index (χ2v) is 21.6. The van der Waals surface area contributed by atoms with Gasteiger partial charge in [0.15, 0.2) is 18.4 Å². The van der Waals surface area contributed by atoms with Gasteiger partial charge in [-0.25, -0.2) is 9.59 Å². The molecule has 1 aliphatic carbocycles. The fourth-order valence-corrected chi connectivity index (χ4v) is 14.5. The first kappa shape index (κ1) is 50.9. The van der Waals surface area contributed by atoms with Crippen molar-refractivity contribution in [3.63, 3.8) is 0 Å². The molecule has 0 spiro atoms. The molecule has 0 unspecified atom stereocenters. The number of hydrogen-bond donors (Lipinski definition) is 10. The van der Waals surface area contributed by atoms with Crippen LogP contribution in [-0.4, -0.2) is 181 Å². The van der Waals surface area contributed by atoms with Crippen LogP contribution in [0.4, 0.5) is 0 Å². The zero-order valence-corrected chi connectivity index (χ0v) is 38.8. The number of allylic oxidation sites excluding steroid dienone is 1. The Morgan fingerprint density at radius 2 is 1.88 bits per heavy atom. The van der Waals surface area contributed by atoms with E-state index in [1.54, 1.807) is 80.2 Å². The molecule has 2 fully saturated rings. The number of carboxylic acid groups (broad SMARTS) is 1. The van der Waals surface area contributed by atoms with Crippen LogP contribution >= 0.6 is 43.2 Å². The van der Waals surface area contributed by atoms with Gasteiger partial charge in [-0.15, -0.1) is 0 Å². The maximum absolute atomic E-state index is 14.5. The van der Waals surface area contributed by atoms with E-state index < -0.39 is 85.3 Å². The highest BCUT2D eigenvalue weighted by atomic mass is 33.1. The van der Waals surface area contributed by atoms with Crippen LogP contribution in [-0.2, 0) is 33.3 Å². The largest absolute Gasteiger partial charge is 0.478 e. The van der Waals surface area contributed by atoms with Gasteiger partial charge in [-0.3, -0.25) is 4.99 Å². The number of nitrogens with one attached hydrogen (secondary N) is 1. The standard InChI is InChI=1S/C41H60N4O15S4/c1-21(2)57-35-39(59-31(17-49)34(50)41(35,54)55)60-38-25-5-3-12-61-62-20-32-29(16-48)45-13-22(33(26(14-45)36(51)52)44-40(42)43-10-4-11-46)6-8-24(25)27(18-56-38)37(53)58-30-9-7-23(15-47)28(30)19-63-64-32/h3,5-6,8,14,18,21,23-25,28-32,34-35,38-39,46-50,54-55H,4,7,9-13,15-17,19-20H2,1-2H3,(H,51,52)(H3,42,43,44)/b5-3?,8-6+/t23-,24-,25+,28+,29-,30+,31+,32-,34+,35-,38-,39-/m0/s1. The summed E-state index contributed by atoms with van der Waals surface area (Å²) in [6.45, 7) is 2.19. The lowest BCUT2D eigenvalue weighted by Gasteiger charge is -2.48. The number of aliphatic imine (C=N–C) groups is 1. The lowest BCUT2D eigenvalue weighted by atomic mass is 9.82. The third-order valence-corrected chi connectivity index (χ3v) is 17.3. The molecule has 4 bridgehead atoms. The molecule has 0 aromatic carbocycles. The van der Waals surface area contributed by atoms with Crippen LogP contribution in [0.1, 0.15) is 33.1 Å². The predicted molar refractivity (Wildman–Crippen MR) is 242 cm³/mol. The van der Waals surface area contributed by atoms with E-state index in [1.165, 1.54) is 12.5 Å². The van der Waals surface area contributed by atoms with E-state index in [0.29, 0.717) is 42.1 Å². The number of carbonyl (C=O) groups excluding carboxylic acids is 1. The molecule has 0 amide bonds. The molecule has 6 aliphatic rings. The molecule has 6 rings (SSSR count). The number of guanidine groups is 1. The van der Waals surface area contributed by atoms with E-state index in [0.717, 1.165) is 0 Å². The topological polar surface area (TPSA) is 296 Å². The maximum Gasteiger partial charge on any atom is 0.339 e. The van der Waals surface area contributed by atoms with Gasteiger partial charge in [0.05, 0.1) is 54.4 Å². The second-order valence-electron chi connectivity index (χ2n) is 16.4. The summed E-state index contributed by atoms with van der Waals surface area (Å²) in [5, 5.41) is 87.4. The minimum absolute atomic E-state index is 0.0782. The summed E-state index contributed by atoms with van der Waals surface area (Å²) < 4.78 is 30.7. The first-order valence-electron chi connectivity index (χ1n) is 21.2. The Labute approximate surface area is 387 Å².